The molecule has 0 fully saturated rings. The lowest BCUT2D eigenvalue weighted by Crippen LogP contribution is -2.27. The van der Waals surface area contributed by atoms with Crippen LogP contribution in [0.3, 0.4) is 0 Å². The Hall–Kier alpha value is -0.170. The average molecular weight is 239 g/mol. The summed E-state index contributed by atoms with van der Waals surface area (Å²) in [5.41, 5.74) is 0. The SMILES string of the molecule is CCS(=O)(=O)CCNCCOCCOC. The lowest BCUT2D eigenvalue weighted by atomic mass is 10.6. The summed E-state index contributed by atoms with van der Waals surface area (Å²) in [7, 11) is -1.22. The van der Waals surface area contributed by atoms with E-state index >= 15 is 0 Å². The number of hydrogen-bond donors (Lipinski definition) is 1. The van der Waals surface area contributed by atoms with Gasteiger partial charge in [-0.15, -0.1) is 0 Å². The molecule has 0 radical (unpaired) electrons. The second-order valence-corrected chi connectivity index (χ2v) is 5.56. The molecular formula is C9H21NO4S. The smallest absolute Gasteiger partial charge is 0.151 e. The van der Waals surface area contributed by atoms with E-state index in [4.69, 9.17) is 9.47 Å². The monoisotopic (exact) mass is 239 g/mol. The normalized spacial score (nSPS) is 11.9. The van der Waals surface area contributed by atoms with Gasteiger partial charge < -0.3 is 14.8 Å². The summed E-state index contributed by atoms with van der Waals surface area (Å²) >= 11 is 0. The molecule has 0 amide bonds. The maximum Gasteiger partial charge on any atom is 0.151 e. The first kappa shape index (κ1) is 14.8. The molecule has 0 atom stereocenters. The molecule has 0 spiro atoms. The Labute approximate surface area is 92.1 Å². The van der Waals surface area contributed by atoms with E-state index in [1.807, 2.05) is 0 Å². The summed E-state index contributed by atoms with van der Waals surface area (Å²) in [6.45, 7) is 4.56. The molecule has 0 unspecified atom stereocenters. The van der Waals surface area contributed by atoms with Gasteiger partial charge in [0.15, 0.2) is 9.84 Å². The van der Waals surface area contributed by atoms with E-state index < -0.39 is 9.84 Å². The van der Waals surface area contributed by atoms with E-state index in [2.05, 4.69) is 5.32 Å². The Kier molecular flexibility index (Phi) is 8.98. The molecule has 0 aromatic heterocycles. The summed E-state index contributed by atoms with van der Waals surface area (Å²) < 4.78 is 32.2. The minimum atomic E-state index is -2.84. The van der Waals surface area contributed by atoms with Crippen LogP contribution in [0.15, 0.2) is 0 Å². The van der Waals surface area contributed by atoms with Crippen molar-refractivity contribution in [3.63, 3.8) is 0 Å². The quantitative estimate of drug-likeness (QED) is 0.529. The molecule has 92 valence electrons. The van der Waals surface area contributed by atoms with Crippen molar-refractivity contribution in [1.82, 2.24) is 5.32 Å². The van der Waals surface area contributed by atoms with Gasteiger partial charge >= 0.3 is 0 Å². The van der Waals surface area contributed by atoms with Crippen molar-refractivity contribution < 1.29 is 17.9 Å². The zero-order valence-corrected chi connectivity index (χ0v) is 10.3. The standard InChI is InChI=1S/C9H21NO4S/c1-3-15(11,12)9-5-10-4-6-14-8-7-13-2/h10H,3-9H2,1-2H3. The van der Waals surface area contributed by atoms with Crippen LogP contribution in [0.1, 0.15) is 6.92 Å². The second kappa shape index (κ2) is 9.08. The van der Waals surface area contributed by atoms with Crippen LogP contribution >= 0.6 is 0 Å². The molecule has 0 rings (SSSR count). The maximum atomic E-state index is 11.1. The lowest BCUT2D eigenvalue weighted by Gasteiger charge is -2.05. The summed E-state index contributed by atoms with van der Waals surface area (Å²) in [5.74, 6) is 0.403. The predicted molar refractivity (Wildman–Crippen MR) is 59.9 cm³/mol. The molecule has 0 aliphatic rings. The van der Waals surface area contributed by atoms with Crippen LogP contribution < -0.4 is 5.32 Å². The van der Waals surface area contributed by atoms with Crippen molar-refractivity contribution in [3.8, 4) is 0 Å². The predicted octanol–water partition coefficient (Wildman–Crippen LogP) is -0.326. The first-order valence-electron chi connectivity index (χ1n) is 5.10. The Bertz CT molecular complexity index is 228. The molecule has 0 saturated heterocycles. The minimum absolute atomic E-state index is 0.196. The van der Waals surface area contributed by atoms with Gasteiger partial charge in [0.1, 0.15) is 0 Å². The van der Waals surface area contributed by atoms with Crippen LogP contribution in [-0.2, 0) is 19.3 Å². The number of hydrogen-bond acceptors (Lipinski definition) is 5. The third kappa shape index (κ3) is 10.1. The molecular weight excluding hydrogens is 218 g/mol. The van der Waals surface area contributed by atoms with Crippen LogP contribution in [0, 0.1) is 0 Å². The number of ether oxygens (including phenoxy) is 2. The van der Waals surface area contributed by atoms with E-state index in [0.717, 1.165) is 0 Å². The van der Waals surface area contributed by atoms with Gasteiger partial charge in [0.25, 0.3) is 0 Å². The van der Waals surface area contributed by atoms with Crippen LogP contribution in [0.2, 0.25) is 0 Å². The first-order valence-corrected chi connectivity index (χ1v) is 6.92. The average Bonchev–Trinajstić information content (AvgIpc) is 2.22. The number of rotatable bonds is 10. The fourth-order valence-electron chi connectivity index (χ4n) is 0.886. The van der Waals surface area contributed by atoms with E-state index in [1.165, 1.54) is 0 Å². The van der Waals surface area contributed by atoms with Crippen LogP contribution in [0.25, 0.3) is 0 Å². The van der Waals surface area contributed by atoms with Gasteiger partial charge in [0.05, 0.1) is 25.6 Å². The highest BCUT2D eigenvalue weighted by Crippen LogP contribution is 1.86. The first-order chi connectivity index (χ1) is 7.12. The highest BCUT2D eigenvalue weighted by atomic mass is 32.2. The van der Waals surface area contributed by atoms with Crippen LogP contribution in [0.4, 0.5) is 0 Å². The van der Waals surface area contributed by atoms with Crippen molar-refractivity contribution >= 4 is 9.84 Å². The summed E-state index contributed by atoms with van der Waals surface area (Å²) in [6.07, 6.45) is 0. The Balaban J connectivity index is 3.19. The Morgan fingerprint density at radius 3 is 2.47 bits per heavy atom. The highest BCUT2D eigenvalue weighted by molar-refractivity contribution is 7.91. The lowest BCUT2D eigenvalue weighted by molar-refractivity contribution is 0.0722. The molecule has 0 aromatic rings. The molecule has 6 heteroatoms. The molecule has 0 heterocycles. The number of sulfone groups is 1. The van der Waals surface area contributed by atoms with Crippen molar-refractivity contribution in [2.45, 2.75) is 6.92 Å². The van der Waals surface area contributed by atoms with Crippen LogP contribution in [0.5, 0.6) is 0 Å². The van der Waals surface area contributed by atoms with Gasteiger partial charge in [0, 0.05) is 26.0 Å². The van der Waals surface area contributed by atoms with Gasteiger partial charge in [-0.1, -0.05) is 6.92 Å². The van der Waals surface area contributed by atoms with Crippen molar-refractivity contribution in [3.05, 3.63) is 0 Å². The fourth-order valence-corrected chi connectivity index (χ4v) is 1.63. The van der Waals surface area contributed by atoms with Crippen molar-refractivity contribution in [1.29, 1.82) is 0 Å². The van der Waals surface area contributed by atoms with Gasteiger partial charge in [-0.2, -0.15) is 0 Å². The topological polar surface area (TPSA) is 64.6 Å². The van der Waals surface area contributed by atoms with E-state index in [-0.39, 0.29) is 11.5 Å². The third-order valence-electron chi connectivity index (χ3n) is 1.88. The summed E-state index contributed by atoms with van der Waals surface area (Å²) in [4.78, 5) is 0. The molecule has 0 aliphatic heterocycles. The van der Waals surface area contributed by atoms with E-state index in [9.17, 15) is 8.42 Å². The van der Waals surface area contributed by atoms with E-state index in [1.54, 1.807) is 14.0 Å². The molecule has 0 bridgehead atoms. The third-order valence-corrected chi connectivity index (χ3v) is 3.59. The molecule has 15 heavy (non-hydrogen) atoms. The van der Waals surface area contributed by atoms with Gasteiger partial charge in [0.2, 0.25) is 0 Å². The second-order valence-electron chi connectivity index (χ2n) is 3.09. The van der Waals surface area contributed by atoms with Gasteiger partial charge in [-0.25, -0.2) is 8.42 Å². The fraction of sp³-hybridized carbons (Fsp3) is 1.00. The number of methoxy groups -OCH3 is 1. The summed E-state index contributed by atoms with van der Waals surface area (Å²) in [5, 5.41) is 3.01. The molecule has 1 N–H and O–H groups in total. The highest BCUT2D eigenvalue weighted by Gasteiger charge is 2.05. The molecule has 0 aromatic carbocycles. The molecule has 0 saturated carbocycles. The zero-order valence-electron chi connectivity index (χ0n) is 9.49. The zero-order chi connectivity index (χ0) is 11.6. The maximum absolute atomic E-state index is 11.1. The Morgan fingerprint density at radius 1 is 1.13 bits per heavy atom. The molecule has 5 nitrogen and oxygen atoms in total. The van der Waals surface area contributed by atoms with E-state index in [0.29, 0.717) is 32.9 Å². The van der Waals surface area contributed by atoms with Crippen molar-refractivity contribution in [2.75, 3.05) is 51.5 Å². The Morgan fingerprint density at radius 2 is 1.87 bits per heavy atom. The molecule has 0 aliphatic carbocycles. The van der Waals surface area contributed by atoms with Gasteiger partial charge in [-0.05, 0) is 0 Å². The van der Waals surface area contributed by atoms with Crippen molar-refractivity contribution in [2.24, 2.45) is 0 Å². The van der Waals surface area contributed by atoms with Crippen LogP contribution in [-0.4, -0.2) is 59.9 Å². The number of nitrogens with one attached hydrogen (secondary N) is 1. The largest absolute Gasteiger partial charge is 0.382 e. The summed E-state index contributed by atoms with van der Waals surface area (Å²) in [6, 6.07) is 0. The van der Waals surface area contributed by atoms with Gasteiger partial charge in [-0.3, -0.25) is 0 Å². The minimum Gasteiger partial charge on any atom is -0.382 e.